The van der Waals surface area contributed by atoms with Crippen LogP contribution in [-0.2, 0) is 19.2 Å². The lowest BCUT2D eigenvalue weighted by Crippen LogP contribution is -2.56. The van der Waals surface area contributed by atoms with Crippen LogP contribution in [0.2, 0.25) is 0 Å². The first-order chi connectivity index (χ1) is 11.6. The number of hydrogen-bond donors (Lipinski definition) is 6. The highest BCUT2D eigenvalue weighted by Gasteiger charge is 2.26. The van der Waals surface area contributed by atoms with E-state index in [0.717, 1.165) is 0 Å². The minimum Gasteiger partial charge on any atom is -0.480 e. The third-order valence-corrected chi connectivity index (χ3v) is 4.22. The van der Waals surface area contributed by atoms with Crippen molar-refractivity contribution in [2.75, 3.05) is 17.8 Å². The largest absolute Gasteiger partial charge is 0.480 e. The van der Waals surface area contributed by atoms with Gasteiger partial charge in [0.25, 0.3) is 0 Å². The van der Waals surface area contributed by atoms with Gasteiger partial charge in [0, 0.05) is 5.75 Å². The molecule has 0 saturated heterocycles. The second-order valence-electron chi connectivity index (χ2n) is 5.44. The number of nitrogens with two attached hydrogens (primary N) is 1. The van der Waals surface area contributed by atoms with Gasteiger partial charge in [0.1, 0.15) is 18.1 Å². The van der Waals surface area contributed by atoms with E-state index in [2.05, 4.69) is 28.6 Å². The van der Waals surface area contributed by atoms with E-state index < -0.39 is 47.9 Å². The average molecular weight is 395 g/mol. The second-order valence-corrected chi connectivity index (χ2v) is 6.79. The number of carboxylic acid groups (broad SMARTS) is 1. The van der Waals surface area contributed by atoms with E-state index in [1.165, 1.54) is 25.6 Å². The second kappa shape index (κ2) is 12.0. The number of carbonyl (C=O) groups excluding carboxylic acids is 3. The number of rotatable bonds is 11. The SMILES string of the molecule is CSCCC(NC(=O)C(C)NC(=O)C(CS)NC(=O)C(C)N)C(=O)O. The molecule has 9 nitrogen and oxygen atoms in total. The first-order valence-corrected chi connectivity index (χ1v) is 9.65. The summed E-state index contributed by atoms with van der Waals surface area (Å²) in [5, 5.41) is 16.3. The van der Waals surface area contributed by atoms with Gasteiger partial charge in [-0.15, -0.1) is 0 Å². The molecule has 0 aliphatic rings. The summed E-state index contributed by atoms with van der Waals surface area (Å²) in [6.07, 6.45) is 2.10. The fourth-order valence-electron chi connectivity index (χ4n) is 1.67. The Kier molecular flexibility index (Phi) is 11.3. The predicted molar refractivity (Wildman–Crippen MR) is 99.6 cm³/mol. The summed E-state index contributed by atoms with van der Waals surface area (Å²) in [4.78, 5) is 46.9. The summed E-state index contributed by atoms with van der Waals surface area (Å²) < 4.78 is 0. The molecule has 4 atom stereocenters. The van der Waals surface area contributed by atoms with Crippen LogP contribution in [0.25, 0.3) is 0 Å². The highest BCUT2D eigenvalue weighted by atomic mass is 32.2. The van der Waals surface area contributed by atoms with Crippen molar-refractivity contribution in [3.05, 3.63) is 0 Å². The molecule has 25 heavy (non-hydrogen) atoms. The minimum atomic E-state index is -1.14. The van der Waals surface area contributed by atoms with Crippen LogP contribution < -0.4 is 21.7 Å². The Bertz CT molecular complexity index is 490. The van der Waals surface area contributed by atoms with Gasteiger partial charge in [0.15, 0.2) is 0 Å². The Balaban J connectivity index is 4.68. The van der Waals surface area contributed by atoms with E-state index in [1.807, 2.05) is 6.26 Å². The zero-order chi connectivity index (χ0) is 19.6. The normalized spacial score (nSPS) is 15.4. The summed E-state index contributed by atoms with van der Waals surface area (Å²) in [5.41, 5.74) is 5.42. The van der Waals surface area contributed by atoms with Gasteiger partial charge in [-0.2, -0.15) is 24.4 Å². The van der Waals surface area contributed by atoms with Gasteiger partial charge in [-0.25, -0.2) is 4.79 Å². The topological polar surface area (TPSA) is 151 Å². The molecular weight excluding hydrogens is 368 g/mol. The van der Waals surface area contributed by atoms with Gasteiger partial charge in [-0.1, -0.05) is 0 Å². The van der Waals surface area contributed by atoms with Crippen molar-refractivity contribution in [1.82, 2.24) is 16.0 Å². The lowest BCUT2D eigenvalue weighted by Gasteiger charge is -2.22. The first-order valence-electron chi connectivity index (χ1n) is 7.63. The van der Waals surface area contributed by atoms with Crippen LogP contribution in [0.15, 0.2) is 0 Å². The zero-order valence-electron chi connectivity index (χ0n) is 14.4. The van der Waals surface area contributed by atoms with Crippen LogP contribution in [0.4, 0.5) is 0 Å². The van der Waals surface area contributed by atoms with Crippen molar-refractivity contribution < 1.29 is 24.3 Å². The molecule has 0 aliphatic carbocycles. The van der Waals surface area contributed by atoms with Crippen molar-refractivity contribution in [2.24, 2.45) is 5.73 Å². The Labute approximate surface area is 156 Å². The number of nitrogens with one attached hydrogen (secondary N) is 3. The molecule has 0 bridgehead atoms. The maximum Gasteiger partial charge on any atom is 0.326 e. The maximum absolute atomic E-state index is 12.1. The van der Waals surface area contributed by atoms with Crippen LogP contribution in [0, 0.1) is 0 Å². The van der Waals surface area contributed by atoms with Gasteiger partial charge in [-0.3, -0.25) is 14.4 Å². The van der Waals surface area contributed by atoms with E-state index in [-0.39, 0.29) is 12.2 Å². The summed E-state index contributed by atoms with van der Waals surface area (Å²) in [5.74, 6) is -2.30. The fourth-order valence-corrected chi connectivity index (χ4v) is 2.40. The van der Waals surface area contributed by atoms with E-state index in [1.54, 1.807) is 0 Å². The molecule has 0 saturated carbocycles. The highest BCUT2D eigenvalue weighted by Crippen LogP contribution is 2.02. The van der Waals surface area contributed by atoms with Gasteiger partial charge in [0.05, 0.1) is 6.04 Å². The molecule has 6 N–H and O–H groups in total. The highest BCUT2D eigenvalue weighted by molar-refractivity contribution is 7.98. The molecule has 0 aromatic carbocycles. The van der Waals surface area contributed by atoms with Crippen molar-refractivity contribution in [2.45, 2.75) is 44.4 Å². The van der Waals surface area contributed by atoms with Crippen molar-refractivity contribution in [3.8, 4) is 0 Å². The van der Waals surface area contributed by atoms with Crippen molar-refractivity contribution in [1.29, 1.82) is 0 Å². The molecule has 3 amide bonds. The van der Waals surface area contributed by atoms with E-state index in [0.29, 0.717) is 5.75 Å². The van der Waals surface area contributed by atoms with Gasteiger partial charge in [-0.05, 0) is 32.3 Å². The molecule has 0 fully saturated rings. The van der Waals surface area contributed by atoms with Crippen LogP contribution in [0.5, 0.6) is 0 Å². The van der Waals surface area contributed by atoms with Crippen molar-refractivity contribution in [3.63, 3.8) is 0 Å². The van der Waals surface area contributed by atoms with Crippen molar-refractivity contribution >= 4 is 48.1 Å². The van der Waals surface area contributed by atoms with E-state index in [4.69, 9.17) is 10.8 Å². The fraction of sp³-hybridized carbons (Fsp3) is 0.714. The lowest BCUT2D eigenvalue weighted by molar-refractivity contribution is -0.142. The van der Waals surface area contributed by atoms with Crippen LogP contribution >= 0.6 is 24.4 Å². The molecule has 0 aromatic rings. The number of hydrogen-bond acceptors (Lipinski definition) is 7. The standard InChI is InChI=1S/C14H26N4O5S2/c1-7(15)11(19)18-10(6-24)13(21)16-8(2)12(20)17-9(14(22)23)4-5-25-3/h7-10,24H,4-6,15H2,1-3H3,(H,16,21)(H,17,20)(H,18,19)(H,22,23). The first kappa shape index (κ1) is 23.5. The van der Waals surface area contributed by atoms with Crippen LogP contribution in [-0.4, -0.2) is 70.7 Å². The van der Waals surface area contributed by atoms with E-state index >= 15 is 0 Å². The van der Waals surface area contributed by atoms with Gasteiger partial charge < -0.3 is 26.8 Å². The quantitative estimate of drug-likeness (QED) is 0.235. The van der Waals surface area contributed by atoms with Crippen LogP contribution in [0.1, 0.15) is 20.3 Å². The monoisotopic (exact) mass is 394 g/mol. The summed E-state index contributed by atoms with van der Waals surface area (Å²) in [6.45, 7) is 2.89. The summed E-state index contributed by atoms with van der Waals surface area (Å²) in [7, 11) is 0. The molecule has 144 valence electrons. The molecule has 0 rings (SSSR count). The van der Waals surface area contributed by atoms with Crippen LogP contribution in [0.3, 0.4) is 0 Å². The predicted octanol–water partition coefficient (Wildman–Crippen LogP) is -1.42. The third kappa shape index (κ3) is 8.98. The minimum absolute atomic E-state index is 0.0180. The molecular formula is C14H26N4O5S2. The molecule has 0 aromatic heterocycles. The number of aliphatic carboxylic acids is 1. The zero-order valence-corrected chi connectivity index (χ0v) is 16.2. The number of carbonyl (C=O) groups is 4. The maximum atomic E-state index is 12.1. The Morgan fingerprint density at radius 3 is 2.04 bits per heavy atom. The van der Waals surface area contributed by atoms with Gasteiger partial charge >= 0.3 is 5.97 Å². The molecule has 4 unspecified atom stereocenters. The number of thiol groups is 1. The lowest BCUT2D eigenvalue weighted by atomic mass is 10.2. The number of carboxylic acids is 1. The van der Waals surface area contributed by atoms with Gasteiger partial charge in [0.2, 0.25) is 17.7 Å². The molecule has 11 heteroatoms. The summed E-state index contributed by atoms with van der Waals surface area (Å²) in [6, 6.07) is -3.75. The molecule has 0 spiro atoms. The summed E-state index contributed by atoms with van der Waals surface area (Å²) >= 11 is 5.46. The Hall–Kier alpha value is -1.46. The Morgan fingerprint density at radius 2 is 1.60 bits per heavy atom. The Morgan fingerprint density at radius 1 is 1.04 bits per heavy atom. The smallest absolute Gasteiger partial charge is 0.326 e. The van der Waals surface area contributed by atoms with E-state index in [9.17, 15) is 19.2 Å². The molecule has 0 radical (unpaired) electrons. The average Bonchev–Trinajstić information content (AvgIpc) is 2.54. The number of amides is 3. The number of thioether (sulfide) groups is 1. The molecule has 0 heterocycles. The third-order valence-electron chi connectivity index (χ3n) is 3.21. The molecule has 0 aliphatic heterocycles.